The molecule has 2 aliphatic heterocycles. The number of benzene rings is 2. The topological polar surface area (TPSA) is 81.5 Å². The second kappa shape index (κ2) is 9.74. The molecule has 3 aromatic rings. The van der Waals surface area contributed by atoms with Gasteiger partial charge in [0, 0.05) is 13.1 Å². The Kier molecular flexibility index (Phi) is 6.39. The van der Waals surface area contributed by atoms with Gasteiger partial charge in [0.1, 0.15) is 12.7 Å². The molecule has 1 amide bonds. The quantitative estimate of drug-likeness (QED) is 0.537. The van der Waals surface area contributed by atoms with Crippen molar-refractivity contribution in [2.75, 3.05) is 36.9 Å². The van der Waals surface area contributed by atoms with E-state index in [-0.39, 0.29) is 17.8 Å². The van der Waals surface area contributed by atoms with Crippen molar-refractivity contribution in [3.05, 3.63) is 54.1 Å². The molecule has 2 aromatic carbocycles. The molecule has 0 bridgehead atoms. The van der Waals surface area contributed by atoms with E-state index >= 15 is 0 Å². The van der Waals surface area contributed by atoms with E-state index in [1.807, 2.05) is 24.3 Å². The summed E-state index contributed by atoms with van der Waals surface area (Å²) in [6, 6.07) is 15.9. The van der Waals surface area contributed by atoms with Crippen LogP contribution in [0.2, 0.25) is 0 Å². The molecule has 1 aromatic heterocycles. The summed E-state index contributed by atoms with van der Waals surface area (Å²) in [7, 11) is 0. The Labute approximate surface area is 197 Å². The fourth-order valence-electron chi connectivity index (χ4n) is 3.97. The lowest BCUT2D eigenvalue weighted by molar-refractivity contribution is -0.119. The first-order chi connectivity index (χ1) is 16.2. The number of aromatic nitrogens is 3. The summed E-state index contributed by atoms with van der Waals surface area (Å²) in [5.41, 5.74) is 2.20. The number of fused-ring (bicyclic) bond motifs is 1. The first kappa shape index (κ1) is 21.6. The number of ether oxygens (including phenoxy) is 2. The molecule has 0 saturated carbocycles. The van der Waals surface area contributed by atoms with E-state index in [0.717, 1.165) is 43.3 Å². The molecular formula is C24H27N5O3S. The van der Waals surface area contributed by atoms with E-state index in [1.54, 1.807) is 0 Å². The van der Waals surface area contributed by atoms with Crippen LogP contribution in [-0.4, -0.2) is 58.8 Å². The van der Waals surface area contributed by atoms with Crippen LogP contribution in [0.4, 0.5) is 5.95 Å². The van der Waals surface area contributed by atoms with Crippen LogP contribution in [0.1, 0.15) is 18.4 Å². The molecule has 0 unspecified atom stereocenters. The van der Waals surface area contributed by atoms with Crippen molar-refractivity contribution >= 4 is 23.6 Å². The van der Waals surface area contributed by atoms with E-state index in [9.17, 15) is 4.79 Å². The number of nitrogens with zero attached hydrogens (tertiary/aromatic N) is 4. The Balaban J connectivity index is 1.22. The number of rotatable bonds is 7. The Morgan fingerprint density at radius 2 is 1.85 bits per heavy atom. The fraction of sp³-hybridized carbons (Fsp3) is 0.375. The average Bonchev–Trinajstić information content (AvgIpc) is 3.52. The molecule has 5 rings (SSSR count). The minimum atomic E-state index is -0.216. The van der Waals surface area contributed by atoms with Gasteiger partial charge in [-0.15, -0.1) is 10.2 Å². The molecule has 1 N–H and O–H groups in total. The van der Waals surface area contributed by atoms with Crippen molar-refractivity contribution in [2.24, 2.45) is 0 Å². The summed E-state index contributed by atoms with van der Waals surface area (Å²) < 4.78 is 13.7. The smallest absolute Gasteiger partial charge is 0.232 e. The van der Waals surface area contributed by atoms with E-state index in [2.05, 4.69) is 56.2 Å². The first-order valence-corrected chi connectivity index (χ1v) is 12.2. The van der Waals surface area contributed by atoms with E-state index in [0.29, 0.717) is 24.1 Å². The zero-order chi connectivity index (χ0) is 22.6. The number of amides is 1. The Morgan fingerprint density at radius 3 is 2.64 bits per heavy atom. The highest BCUT2D eigenvalue weighted by Crippen LogP contribution is 2.31. The largest absolute Gasteiger partial charge is 0.486 e. The molecule has 1 saturated heterocycles. The molecule has 8 nitrogen and oxygen atoms in total. The summed E-state index contributed by atoms with van der Waals surface area (Å²) >= 11 is 1.39. The molecule has 1 fully saturated rings. The van der Waals surface area contributed by atoms with Gasteiger partial charge in [-0.25, -0.2) is 0 Å². The van der Waals surface area contributed by atoms with Crippen molar-refractivity contribution in [3.8, 4) is 17.2 Å². The third kappa shape index (κ3) is 4.93. The maximum Gasteiger partial charge on any atom is 0.232 e. The van der Waals surface area contributed by atoms with Gasteiger partial charge in [0.2, 0.25) is 11.9 Å². The number of carbonyl (C=O) groups excluding carboxylic acids is 1. The maximum atomic E-state index is 12.6. The van der Waals surface area contributed by atoms with Crippen LogP contribution in [0.25, 0.3) is 5.69 Å². The third-order valence-electron chi connectivity index (χ3n) is 5.72. The first-order valence-electron chi connectivity index (χ1n) is 11.2. The number of hydrogen-bond donors (Lipinski definition) is 1. The van der Waals surface area contributed by atoms with E-state index in [4.69, 9.17) is 9.47 Å². The molecule has 0 aliphatic carbocycles. The second-order valence-corrected chi connectivity index (χ2v) is 9.18. The van der Waals surface area contributed by atoms with Gasteiger partial charge < -0.3 is 19.7 Å². The van der Waals surface area contributed by atoms with Crippen LogP contribution >= 0.6 is 11.8 Å². The number of hydrogen-bond acceptors (Lipinski definition) is 7. The number of thioether (sulfide) groups is 1. The standard InChI is InChI=1S/C24H27N5O3S/c1-17-8-10-18(11-9-17)29-23(28-12-4-5-13-28)26-27-24(29)33-16-22(30)25-14-19-15-31-20-6-2-3-7-21(20)32-19/h2-3,6-11,19H,4-5,12-16H2,1H3,(H,25,30)/t19-/m1/s1. The zero-order valence-electron chi connectivity index (χ0n) is 18.6. The van der Waals surface area contributed by atoms with Crippen molar-refractivity contribution in [1.82, 2.24) is 20.1 Å². The lowest BCUT2D eigenvalue weighted by atomic mass is 10.2. The lowest BCUT2D eigenvalue weighted by Gasteiger charge is -2.26. The van der Waals surface area contributed by atoms with E-state index < -0.39 is 0 Å². The molecule has 9 heteroatoms. The highest BCUT2D eigenvalue weighted by Gasteiger charge is 2.24. The summed E-state index contributed by atoms with van der Waals surface area (Å²) in [6.45, 7) is 4.81. The summed E-state index contributed by atoms with van der Waals surface area (Å²) in [4.78, 5) is 14.8. The van der Waals surface area contributed by atoms with E-state index in [1.165, 1.54) is 17.3 Å². The average molecular weight is 466 g/mol. The summed E-state index contributed by atoms with van der Waals surface area (Å²) in [5.74, 6) is 2.45. The van der Waals surface area contributed by atoms with Crippen LogP contribution in [0.3, 0.4) is 0 Å². The van der Waals surface area contributed by atoms with Crippen LogP contribution in [-0.2, 0) is 4.79 Å². The fourth-order valence-corrected chi connectivity index (χ4v) is 4.75. The zero-order valence-corrected chi connectivity index (χ0v) is 19.4. The van der Waals surface area contributed by atoms with Gasteiger partial charge in [-0.2, -0.15) is 0 Å². The SMILES string of the molecule is Cc1ccc(-n2c(SCC(=O)NC[C@@H]3COc4ccccc4O3)nnc2N2CCCC2)cc1. The number of anilines is 1. The highest BCUT2D eigenvalue weighted by atomic mass is 32.2. The van der Waals surface area contributed by atoms with Gasteiger partial charge in [-0.05, 0) is 44.0 Å². The predicted molar refractivity (Wildman–Crippen MR) is 128 cm³/mol. The highest BCUT2D eigenvalue weighted by molar-refractivity contribution is 7.99. The molecule has 172 valence electrons. The minimum absolute atomic E-state index is 0.0800. The summed E-state index contributed by atoms with van der Waals surface area (Å²) in [5, 5.41) is 12.5. The Bertz CT molecular complexity index is 1110. The van der Waals surface area contributed by atoms with Gasteiger partial charge in [-0.1, -0.05) is 41.6 Å². The Hall–Kier alpha value is -3.20. The van der Waals surface area contributed by atoms with Crippen molar-refractivity contribution in [3.63, 3.8) is 0 Å². The maximum absolute atomic E-state index is 12.6. The minimum Gasteiger partial charge on any atom is -0.486 e. The van der Waals surface area contributed by atoms with Crippen LogP contribution in [0.15, 0.2) is 53.7 Å². The number of carbonyl (C=O) groups is 1. The van der Waals surface area contributed by atoms with Crippen molar-refractivity contribution < 1.29 is 14.3 Å². The molecular weight excluding hydrogens is 438 g/mol. The molecule has 1 atom stereocenters. The molecule has 0 spiro atoms. The molecule has 3 heterocycles. The van der Waals surface area contributed by atoms with Gasteiger partial charge in [-0.3, -0.25) is 9.36 Å². The number of nitrogens with one attached hydrogen (secondary N) is 1. The predicted octanol–water partition coefficient (Wildman–Crippen LogP) is 3.22. The number of para-hydroxylation sites is 2. The molecule has 0 radical (unpaired) electrons. The van der Waals surface area contributed by atoms with Crippen molar-refractivity contribution in [2.45, 2.75) is 31.0 Å². The second-order valence-electron chi connectivity index (χ2n) is 8.24. The monoisotopic (exact) mass is 465 g/mol. The summed E-state index contributed by atoms with van der Waals surface area (Å²) in [6.07, 6.45) is 2.10. The van der Waals surface area contributed by atoms with Crippen LogP contribution < -0.4 is 19.7 Å². The van der Waals surface area contributed by atoms with Crippen LogP contribution in [0, 0.1) is 6.92 Å². The Morgan fingerprint density at radius 1 is 1.09 bits per heavy atom. The molecule has 33 heavy (non-hydrogen) atoms. The van der Waals surface area contributed by atoms with Gasteiger partial charge in [0.25, 0.3) is 0 Å². The number of aryl methyl sites for hydroxylation is 1. The van der Waals surface area contributed by atoms with Gasteiger partial charge >= 0.3 is 0 Å². The third-order valence-corrected chi connectivity index (χ3v) is 6.65. The van der Waals surface area contributed by atoms with Gasteiger partial charge in [0.05, 0.1) is 18.0 Å². The lowest BCUT2D eigenvalue weighted by Crippen LogP contribution is -2.41. The van der Waals surface area contributed by atoms with Crippen LogP contribution in [0.5, 0.6) is 11.5 Å². The van der Waals surface area contributed by atoms with Gasteiger partial charge in [0.15, 0.2) is 16.7 Å². The van der Waals surface area contributed by atoms with Crippen molar-refractivity contribution in [1.29, 1.82) is 0 Å². The normalized spacial score (nSPS) is 17.2. The molecule has 2 aliphatic rings.